The van der Waals surface area contributed by atoms with Gasteiger partial charge in [-0.2, -0.15) is 5.10 Å². The van der Waals surface area contributed by atoms with Gasteiger partial charge in [-0.25, -0.2) is 0 Å². The first-order chi connectivity index (χ1) is 10.7. The molecule has 0 unspecified atom stereocenters. The van der Waals surface area contributed by atoms with E-state index in [-0.39, 0.29) is 5.91 Å². The number of likely N-dealkylation sites (tertiary alicyclic amines) is 1. The molecule has 1 N–H and O–H groups in total. The van der Waals surface area contributed by atoms with Gasteiger partial charge < -0.3 is 14.2 Å². The number of aromatic amines is 1. The number of nitrogens with zero attached hydrogens (tertiary/aromatic N) is 3. The number of rotatable bonds is 2. The van der Waals surface area contributed by atoms with E-state index in [4.69, 9.17) is 4.74 Å². The molecule has 0 bridgehead atoms. The number of hydrogen-bond acceptors (Lipinski definition) is 3. The van der Waals surface area contributed by atoms with Crippen LogP contribution in [-0.2, 0) is 11.8 Å². The van der Waals surface area contributed by atoms with Gasteiger partial charge in [0, 0.05) is 56.7 Å². The van der Waals surface area contributed by atoms with E-state index in [2.05, 4.69) is 10.2 Å². The molecule has 4 rings (SSSR count). The number of hydrogen-bond donors (Lipinski definition) is 1. The first-order valence-electron chi connectivity index (χ1n) is 7.70. The van der Waals surface area contributed by atoms with E-state index in [1.807, 2.05) is 41.0 Å². The van der Waals surface area contributed by atoms with Crippen molar-refractivity contribution in [3.05, 3.63) is 30.2 Å². The molecule has 6 nitrogen and oxygen atoms in total. The van der Waals surface area contributed by atoms with Gasteiger partial charge in [-0.1, -0.05) is 0 Å². The molecule has 0 saturated carbocycles. The smallest absolute Gasteiger partial charge is 0.271 e. The van der Waals surface area contributed by atoms with Crippen molar-refractivity contribution >= 4 is 5.91 Å². The van der Waals surface area contributed by atoms with Crippen LogP contribution in [0.5, 0.6) is 0 Å². The second-order valence-electron chi connectivity index (χ2n) is 6.51. The first-order valence-corrected chi connectivity index (χ1v) is 7.70. The highest BCUT2D eigenvalue weighted by molar-refractivity contribution is 5.94. The van der Waals surface area contributed by atoms with Crippen LogP contribution in [0.25, 0.3) is 11.3 Å². The molecular weight excluding hydrogens is 280 g/mol. The summed E-state index contributed by atoms with van der Waals surface area (Å²) in [5, 5.41) is 7.14. The summed E-state index contributed by atoms with van der Waals surface area (Å²) in [6.45, 7) is 3.33. The van der Waals surface area contributed by atoms with E-state index in [1.165, 1.54) is 0 Å². The van der Waals surface area contributed by atoms with Gasteiger partial charge in [0.15, 0.2) is 0 Å². The molecular formula is C16H20N4O2. The molecule has 2 aliphatic rings. The van der Waals surface area contributed by atoms with Crippen molar-refractivity contribution in [3.63, 3.8) is 0 Å². The lowest BCUT2D eigenvalue weighted by atomic mass is 9.73. The highest BCUT2D eigenvalue weighted by Gasteiger charge is 2.46. The number of amides is 1. The van der Waals surface area contributed by atoms with Crippen LogP contribution in [0, 0.1) is 5.41 Å². The van der Waals surface area contributed by atoms with Gasteiger partial charge in [0.1, 0.15) is 5.69 Å². The molecule has 0 radical (unpaired) electrons. The molecule has 2 aromatic heterocycles. The Morgan fingerprint density at radius 1 is 1.36 bits per heavy atom. The summed E-state index contributed by atoms with van der Waals surface area (Å²) in [6, 6.07) is 3.83. The van der Waals surface area contributed by atoms with Gasteiger partial charge in [-0.3, -0.25) is 9.89 Å². The van der Waals surface area contributed by atoms with Crippen molar-refractivity contribution in [1.82, 2.24) is 19.7 Å². The van der Waals surface area contributed by atoms with Crippen molar-refractivity contribution in [3.8, 4) is 11.3 Å². The van der Waals surface area contributed by atoms with Crippen LogP contribution < -0.4 is 0 Å². The number of ether oxygens (including phenoxy) is 1. The summed E-state index contributed by atoms with van der Waals surface area (Å²) in [6.07, 6.45) is 6.09. The largest absolute Gasteiger partial charge is 0.381 e. The molecule has 2 fully saturated rings. The molecule has 0 atom stereocenters. The van der Waals surface area contributed by atoms with Crippen LogP contribution in [0.2, 0.25) is 0 Å². The Labute approximate surface area is 129 Å². The summed E-state index contributed by atoms with van der Waals surface area (Å²) in [5.41, 5.74) is 2.70. The van der Waals surface area contributed by atoms with Gasteiger partial charge in [0.25, 0.3) is 5.91 Å². The second kappa shape index (κ2) is 4.98. The third-order valence-corrected chi connectivity index (χ3v) is 4.83. The lowest BCUT2D eigenvalue weighted by Crippen LogP contribution is -2.60. The van der Waals surface area contributed by atoms with Crippen LogP contribution in [0.3, 0.4) is 0 Å². The monoisotopic (exact) mass is 300 g/mol. The number of H-pyrrole nitrogens is 1. The molecule has 6 heteroatoms. The minimum Gasteiger partial charge on any atom is -0.381 e. The SMILES string of the molecule is Cn1ccc(-c2cc(C(=O)N3CC4(CCOCC4)C3)[nH]n2)c1. The highest BCUT2D eigenvalue weighted by Crippen LogP contribution is 2.40. The van der Waals surface area contributed by atoms with E-state index in [0.717, 1.165) is 50.4 Å². The Bertz CT molecular complexity index is 689. The third kappa shape index (κ3) is 2.23. The standard InChI is InChI=1S/C16H20N4O2/c1-19-5-2-12(9-19)13-8-14(18-17-13)15(21)20-10-16(11-20)3-6-22-7-4-16/h2,5,8-9H,3-4,6-7,10-11H2,1H3,(H,17,18). The molecule has 1 amide bonds. The first kappa shape index (κ1) is 13.6. The Morgan fingerprint density at radius 2 is 2.14 bits per heavy atom. The topological polar surface area (TPSA) is 63.1 Å². The zero-order valence-electron chi connectivity index (χ0n) is 12.7. The van der Waals surface area contributed by atoms with Crippen LogP contribution in [-0.4, -0.2) is 51.9 Å². The molecule has 2 saturated heterocycles. The summed E-state index contributed by atoms with van der Waals surface area (Å²) in [5.74, 6) is 0.0480. The molecule has 0 aliphatic carbocycles. The van der Waals surface area contributed by atoms with Crippen LogP contribution in [0.1, 0.15) is 23.3 Å². The number of carbonyl (C=O) groups excluding carboxylic acids is 1. The fourth-order valence-corrected chi connectivity index (χ4v) is 3.43. The lowest BCUT2D eigenvalue weighted by Gasteiger charge is -2.51. The van der Waals surface area contributed by atoms with Crippen molar-refractivity contribution in [2.45, 2.75) is 12.8 Å². The molecule has 116 valence electrons. The fourth-order valence-electron chi connectivity index (χ4n) is 3.43. The lowest BCUT2D eigenvalue weighted by molar-refractivity contribution is -0.0668. The molecule has 0 aromatic carbocycles. The van der Waals surface area contributed by atoms with Gasteiger partial charge in [-0.05, 0) is 25.0 Å². The Morgan fingerprint density at radius 3 is 2.82 bits per heavy atom. The maximum Gasteiger partial charge on any atom is 0.271 e. The number of carbonyl (C=O) groups is 1. The zero-order chi connectivity index (χ0) is 15.2. The average Bonchev–Trinajstić information content (AvgIpc) is 3.13. The van der Waals surface area contributed by atoms with Crippen molar-refractivity contribution < 1.29 is 9.53 Å². The van der Waals surface area contributed by atoms with E-state index < -0.39 is 0 Å². The van der Waals surface area contributed by atoms with Gasteiger partial charge in [-0.15, -0.1) is 0 Å². The number of aromatic nitrogens is 3. The summed E-state index contributed by atoms with van der Waals surface area (Å²) in [4.78, 5) is 14.4. The van der Waals surface area contributed by atoms with E-state index in [0.29, 0.717) is 11.1 Å². The zero-order valence-corrected chi connectivity index (χ0v) is 12.7. The predicted molar refractivity (Wildman–Crippen MR) is 81.4 cm³/mol. The maximum atomic E-state index is 12.5. The summed E-state index contributed by atoms with van der Waals surface area (Å²) in [7, 11) is 1.97. The molecule has 2 aliphatic heterocycles. The van der Waals surface area contributed by atoms with E-state index >= 15 is 0 Å². The molecule has 1 spiro atoms. The molecule has 2 aromatic rings. The third-order valence-electron chi connectivity index (χ3n) is 4.83. The van der Waals surface area contributed by atoms with E-state index in [9.17, 15) is 4.79 Å². The average molecular weight is 300 g/mol. The second-order valence-corrected chi connectivity index (χ2v) is 6.51. The van der Waals surface area contributed by atoms with Gasteiger partial charge in [0.2, 0.25) is 0 Å². The quantitative estimate of drug-likeness (QED) is 0.917. The Kier molecular flexibility index (Phi) is 3.07. The highest BCUT2D eigenvalue weighted by atomic mass is 16.5. The van der Waals surface area contributed by atoms with Gasteiger partial charge >= 0.3 is 0 Å². The van der Waals surface area contributed by atoms with Crippen molar-refractivity contribution in [1.29, 1.82) is 0 Å². The fraction of sp³-hybridized carbons (Fsp3) is 0.500. The van der Waals surface area contributed by atoms with Crippen LogP contribution in [0.4, 0.5) is 0 Å². The molecule has 22 heavy (non-hydrogen) atoms. The van der Waals surface area contributed by atoms with Crippen molar-refractivity contribution in [2.24, 2.45) is 12.5 Å². The number of nitrogens with one attached hydrogen (secondary N) is 1. The molecule has 4 heterocycles. The minimum atomic E-state index is 0.0480. The van der Waals surface area contributed by atoms with Crippen molar-refractivity contribution in [2.75, 3.05) is 26.3 Å². The Hall–Kier alpha value is -2.08. The maximum absolute atomic E-state index is 12.5. The summed E-state index contributed by atoms with van der Waals surface area (Å²) < 4.78 is 7.38. The minimum absolute atomic E-state index is 0.0480. The Balaban J connectivity index is 1.45. The summed E-state index contributed by atoms with van der Waals surface area (Å²) >= 11 is 0. The predicted octanol–water partition coefficient (Wildman–Crippen LogP) is 1.67. The normalized spacial score (nSPS) is 20.1. The van der Waals surface area contributed by atoms with E-state index in [1.54, 1.807) is 0 Å². The van der Waals surface area contributed by atoms with Crippen LogP contribution >= 0.6 is 0 Å². The number of aryl methyl sites for hydroxylation is 1. The van der Waals surface area contributed by atoms with Crippen LogP contribution in [0.15, 0.2) is 24.5 Å². The van der Waals surface area contributed by atoms with Gasteiger partial charge in [0.05, 0.1) is 5.69 Å².